The van der Waals surface area contributed by atoms with E-state index >= 15 is 0 Å². The number of amides is 1. The van der Waals surface area contributed by atoms with E-state index in [1.165, 1.54) is 16.9 Å². The largest absolute Gasteiger partial charge is 0.370 e. The fourth-order valence-corrected chi connectivity index (χ4v) is 4.30. The van der Waals surface area contributed by atoms with Crippen molar-refractivity contribution in [1.82, 2.24) is 9.55 Å². The van der Waals surface area contributed by atoms with Gasteiger partial charge in [-0.2, -0.15) is 0 Å². The first-order valence-corrected chi connectivity index (χ1v) is 10.5. The number of aryl methyl sites for hydroxylation is 1. The number of primary amides is 1. The Hall–Kier alpha value is -2.47. The van der Waals surface area contributed by atoms with Gasteiger partial charge in [0.25, 0.3) is 5.56 Å². The molecule has 2 heterocycles. The number of nitrogens with zero attached hydrogens (tertiary/aromatic N) is 2. The van der Waals surface area contributed by atoms with Gasteiger partial charge in [-0.15, -0.1) is 11.3 Å². The van der Waals surface area contributed by atoms with Crippen LogP contribution in [0.15, 0.2) is 34.4 Å². The predicted molar refractivity (Wildman–Crippen MR) is 116 cm³/mol. The van der Waals surface area contributed by atoms with Gasteiger partial charge in [0.1, 0.15) is 10.7 Å². The molecule has 0 bridgehead atoms. The van der Waals surface area contributed by atoms with Gasteiger partial charge in [0.15, 0.2) is 0 Å². The van der Waals surface area contributed by atoms with Gasteiger partial charge in [-0.05, 0) is 23.0 Å². The molecule has 0 saturated heterocycles. The van der Waals surface area contributed by atoms with Gasteiger partial charge < -0.3 is 5.73 Å². The molecule has 1 aromatic carbocycles. The summed E-state index contributed by atoms with van der Waals surface area (Å²) in [6, 6.07) is 8.40. The highest BCUT2D eigenvalue weighted by atomic mass is 32.1. The smallest absolute Gasteiger partial charge is 0.262 e. The van der Waals surface area contributed by atoms with Crippen LogP contribution in [-0.2, 0) is 23.2 Å². The van der Waals surface area contributed by atoms with Crippen molar-refractivity contribution in [3.63, 3.8) is 0 Å². The Balaban J connectivity index is 2.07. The number of carbonyl (C=O) groups excluding carboxylic acids is 1. The van der Waals surface area contributed by atoms with Gasteiger partial charge in [0.05, 0.1) is 5.39 Å². The number of thiophene rings is 1. The Kier molecular flexibility index (Phi) is 5.70. The number of nitrogens with two attached hydrogens (primary N) is 1. The summed E-state index contributed by atoms with van der Waals surface area (Å²) in [7, 11) is 0. The highest BCUT2D eigenvalue weighted by Gasteiger charge is 2.18. The summed E-state index contributed by atoms with van der Waals surface area (Å²) in [4.78, 5) is 29.8. The average molecular weight is 398 g/mol. The fourth-order valence-electron chi connectivity index (χ4n) is 3.34. The van der Waals surface area contributed by atoms with Crippen LogP contribution in [0.4, 0.5) is 0 Å². The highest BCUT2D eigenvalue weighted by Crippen LogP contribution is 2.32. The zero-order valence-corrected chi connectivity index (χ0v) is 17.7. The third kappa shape index (κ3) is 4.02. The Bertz CT molecular complexity index is 1060. The number of benzene rings is 1. The molecular weight excluding hydrogens is 370 g/mol. The molecule has 2 N–H and O–H groups in total. The molecule has 3 aromatic rings. The molecule has 0 spiro atoms. The molecule has 2 aromatic heterocycles. The molecule has 0 aliphatic rings. The molecule has 5 nitrogen and oxygen atoms in total. The number of aromatic nitrogens is 2. The second-order valence-corrected chi connectivity index (χ2v) is 8.92. The lowest BCUT2D eigenvalue weighted by molar-refractivity contribution is -0.118. The minimum atomic E-state index is -0.352. The van der Waals surface area contributed by atoms with Crippen molar-refractivity contribution in [2.45, 2.75) is 58.9 Å². The molecule has 0 radical (unpaired) electrons. The lowest BCUT2D eigenvalue weighted by Gasteiger charge is -2.19. The summed E-state index contributed by atoms with van der Waals surface area (Å²) >= 11 is 1.50. The zero-order chi connectivity index (χ0) is 20.5. The summed E-state index contributed by atoms with van der Waals surface area (Å²) in [6.45, 7) is 8.99. The summed E-state index contributed by atoms with van der Waals surface area (Å²) in [5.41, 5.74) is 8.48. The van der Waals surface area contributed by atoms with Gasteiger partial charge in [-0.3, -0.25) is 14.2 Å². The third-order valence-corrected chi connectivity index (χ3v) is 5.83. The van der Waals surface area contributed by atoms with E-state index in [0.717, 1.165) is 21.8 Å². The number of hydrogen-bond acceptors (Lipinski definition) is 4. The monoisotopic (exact) mass is 397 g/mol. The van der Waals surface area contributed by atoms with E-state index in [2.05, 4.69) is 45.0 Å². The number of carbonyl (C=O) groups is 1. The molecular formula is C22H27N3O2S. The van der Waals surface area contributed by atoms with E-state index in [1.54, 1.807) is 4.57 Å². The van der Waals surface area contributed by atoms with E-state index in [-0.39, 0.29) is 23.3 Å². The summed E-state index contributed by atoms with van der Waals surface area (Å²) < 4.78 is 1.70. The molecule has 6 heteroatoms. The normalized spacial score (nSPS) is 11.9. The summed E-state index contributed by atoms with van der Waals surface area (Å²) in [6.07, 6.45) is 1.46. The second-order valence-electron chi connectivity index (χ2n) is 8.07. The first-order chi connectivity index (χ1) is 13.2. The standard InChI is InChI=1S/C22H27N3O2S/c1-5-18-24-20-19(21(27)25(18)12-6-7-17(23)26)16(13-28-20)14-8-10-15(11-9-14)22(2,3)4/h8-11,13H,5-7,12H2,1-4H3,(H2,23,26). The molecule has 3 rings (SSSR count). The van der Waals surface area contributed by atoms with Gasteiger partial charge in [0, 0.05) is 30.3 Å². The highest BCUT2D eigenvalue weighted by molar-refractivity contribution is 7.17. The minimum Gasteiger partial charge on any atom is -0.370 e. The van der Waals surface area contributed by atoms with Gasteiger partial charge in [0.2, 0.25) is 5.91 Å². The van der Waals surface area contributed by atoms with Crippen LogP contribution in [0.3, 0.4) is 0 Å². The van der Waals surface area contributed by atoms with Crippen LogP contribution in [0.2, 0.25) is 0 Å². The molecule has 0 fully saturated rings. The fraction of sp³-hybridized carbons (Fsp3) is 0.409. The Morgan fingerprint density at radius 3 is 2.46 bits per heavy atom. The molecule has 0 aliphatic heterocycles. The molecule has 0 atom stereocenters. The van der Waals surface area contributed by atoms with Crippen molar-refractivity contribution < 1.29 is 4.79 Å². The quantitative estimate of drug-likeness (QED) is 0.675. The molecule has 0 unspecified atom stereocenters. The molecule has 28 heavy (non-hydrogen) atoms. The minimum absolute atomic E-state index is 0.0394. The topological polar surface area (TPSA) is 78.0 Å². The maximum absolute atomic E-state index is 13.3. The van der Waals surface area contributed by atoms with Crippen molar-refractivity contribution in [3.8, 4) is 11.1 Å². The molecule has 0 aliphatic carbocycles. The van der Waals surface area contributed by atoms with Crippen molar-refractivity contribution in [1.29, 1.82) is 0 Å². The average Bonchev–Trinajstić information content (AvgIpc) is 3.06. The van der Waals surface area contributed by atoms with E-state index < -0.39 is 0 Å². The predicted octanol–water partition coefficient (Wildman–Crippen LogP) is 4.25. The molecule has 0 saturated carbocycles. The van der Waals surface area contributed by atoms with Gasteiger partial charge in [-0.25, -0.2) is 4.98 Å². The van der Waals surface area contributed by atoms with Gasteiger partial charge >= 0.3 is 0 Å². The molecule has 1 amide bonds. The Morgan fingerprint density at radius 1 is 1.21 bits per heavy atom. The summed E-state index contributed by atoms with van der Waals surface area (Å²) in [5.74, 6) is 0.397. The SMILES string of the molecule is CCc1nc2scc(-c3ccc(C(C)(C)C)cc3)c2c(=O)n1CCCC(N)=O. The maximum Gasteiger partial charge on any atom is 0.262 e. The summed E-state index contributed by atoms with van der Waals surface area (Å²) in [5, 5.41) is 2.67. The maximum atomic E-state index is 13.3. The first-order valence-electron chi connectivity index (χ1n) is 9.62. The van der Waals surface area contributed by atoms with Crippen molar-refractivity contribution in [2.24, 2.45) is 5.73 Å². The van der Waals surface area contributed by atoms with Crippen LogP contribution in [0.25, 0.3) is 21.3 Å². The van der Waals surface area contributed by atoms with Crippen LogP contribution in [0.1, 0.15) is 51.9 Å². The lowest BCUT2D eigenvalue weighted by atomic mass is 9.86. The Labute approximate surface area is 169 Å². The van der Waals surface area contributed by atoms with Crippen molar-refractivity contribution >= 4 is 27.5 Å². The number of hydrogen-bond donors (Lipinski definition) is 1. The van der Waals surface area contributed by atoms with Gasteiger partial charge in [-0.1, -0.05) is 52.0 Å². The van der Waals surface area contributed by atoms with Crippen molar-refractivity contribution in [3.05, 3.63) is 51.4 Å². The number of fused-ring (bicyclic) bond motifs is 1. The lowest BCUT2D eigenvalue weighted by Crippen LogP contribution is -2.25. The van der Waals surface area contributed by atoms with E-state index in [1.807, 2.05) is 12.3 Å². The third-order valence-electron chi connectivity index (χ3n) is 4.96. The number of rotatable bonds is 6. The van der Waals surface area contributed by atoms with E-state index in [4.69, 9.17) is 10.7 Å². The van der Waals surface area contributed by atoms with Crippen LogP contribution in [0.5, 0.6) is 0 Å². The van der Waals surface area contributed by atoms with Crippen LogP contribution in [-0.4, -0.2) is 15.5 Å². The zero-order valence-electron chi connectivity index (χ0n) is 16.9. The van der Waals surface area contributed by atoms with Crippen LogP contribution in [0, 0.1) is 0 Å². The molecule has 148 valence electrons. The second kappa shape index (κ2) is 7.87. The van der Waals surface area contributed by atoms with E-state index in [0.29, 0.717) is 24.8 Å². The van der Waals surface area contributed by atoms with E-state index in [9.17, 15) is 9.59 Å². The van der Waals surface area contributed by atoms with Crippen molar-refractivity contribution in [2.75, 3.05) is 0 Å². The van der Waals surface area contributed by atoms with Crippen LogP contribution < -0.4 is 11.3 Å². The Morgan fingerprint density at radius 2 is 1.89 bits per heavy atom. The first kappa shape index (κ1) is 20.3. The van der Waals surface area contributed by atoms with Crippen LogP contribution >= 0.6 is 11.3 Å².